The third kappa shape index (κ3) is 4.41. The molecular formula is C25H31N3O2. The summed E-state index contributed by atoms with van der Waals surface area (Å²) in [5.41, 5.74) is 4.35. The van der Waals surface area contributed by atoms with Crippen LogP contribution in [0, 0.1) is 6.92 Å². The zero-order valence-corrected chi connectivity index (χ0v) is 18.2. The maximum Gasteiger partial charge on any atom is 0.257 e. The van der Waals surface area contributed by atoms with Gasteiger partial charge in [0.1, 0.15) is 5.75 Å². The van der Waals surface area contributed by atoms with E-state index in [1.165, 1.54) is 12.0 Å². The summed E-state index contributed by atoms with van der Waals surface area (Å²) in [5.74, 6) is 0.892. The molecule has 4 rings (SSSR count). The van der Waals surface area contributed by atoms with Gasteiger partial charge in [0.2, 0.25) is 0 Å². The number of amides is 1. The molecule has 5 heteroatoms. The first-order valence-corrected chi connectivity index (χ1v) is 10.9. The van der Waals surface area contributed by atoms with Crippen molar-refractivity contribution < 1.29 is 9.53 Å². The molecule has 2 aliphatic heterocycles. The van der Waals surface area contributed by atoms with Crippen molar-refractivity contribution in [3.05, 3.63) is 65.2 Å². The fourth-order valence-electron chi connectivity index (χ4n) is 4.46. The highest BCUT2D eigenvalue weighted by Crippen LogP contribution is 2.34. The van der Waals surface area contributed by atoms with Gasteiger partial charge in [0.25, 0.3) is 5.91 Å². The largest absolute Gasteiger partial charge is 0.497 e. The van der Waals surface area contributed by atoms with Crippen LogP contribution < -0.4 is 4.74 Å². The number of nitrogens with zero attached hydrogens (tertiary/aromatic N) is 3. The summed E-state index contributed by atoms with van der Waals surface area (Å²) in [5, 5.41) is 6.56. The van der Waals surface area contributed by atoms with Crippen molar-refractivity contribution in [2.24, 2.45) is 5.10 Å². The second kappa shape index (κ2) is 9.00. The highest BCUT2D eigenvalue weighted by molar-refractivity contribution is 6.03. The maximum atomic E-state index is 13.4. The Hall–Kier alpha value is -2.66. The Morgan fingerprint density at radius 2 is 1.97 bits per heavy atom. The molecule has 1 fully saturated rings. The van der Waals surface area contributed by atoms with Crippen molar-refractivity contribution >= 4 is 11.6 Å². The summed E-state index contributed by atoms with van der Waals surface area (Å²) in [6, 6.07) is 16.7. The van der Waals surface area contributed by atoms with Crippen molar-refractivity contribution in [3.63, 3.8) is 0 Å². The van der Waals surface area contributed by atoms with Gasteiger partial charge in [-0.1, -0.05) is 48.4 Å². The van der Waals surface area contributed by atoms with E-state index in [1.807, 2.05) is 24.3 Å². The molecule has 5 nitrogen and oxygen atoms in total. The zero-order valence-electron chi connectivity index (χ0n) is 18.2. The standard InChI is InChI=1S/C25H31N3O2/c1-18-7-6-9-21(15-18)23-16-24(20-10-12-22(30-3)13-11-20)28(26-23)25(29)17-27-14-5-4-8-19(27)2/h6-7,9-13,15,19,24H,4-5,8,14,16-17H2,1-3H3/t19-,24+/m1/s1. The fourth-order valence-corrected chi connectivity index (χ4v) is 4.46. The van der Waals surface area contributed by atoms with Gasteiger partial charge in [0.05, 0.1) is 25.4 Å². The molecule has 0 radical (unpaired) electrons. The van der Waals surface area contributed by atoms with E-state index in [-0.39, 0.29) is 11.9 Å². The molecule has 2 atom stereocenters. The third-order valence-corrected chi connectivity index (χ3v) is 6.30. The molecule has 1 saturated heterocycles. The van der Waals surface area contributed by atoms with E-state index in [9.17, 15) is 4.79 Å². The number of benzene rings is 2. The Morgan fingerprint density at radius 1 is 1.17 bits per heavy atom. The maximum absolute atomic E-state index is 13.4. The first-order chi connectivity index (χ1) is 14.5. The van der Waals surface area contributed by atoms with E-state index >= 15 is 0 Å². The third-order valence-electron chi connectivity index (χ3n) is 6.30. The van der Waals surface area contributed by atoms with E-state index < -0.39 is 0 Å². The Kier molecular flexibility index (Phi) is 6.18. The van der Waals surface area contributed by atoms with E-state index in [0.29, 0.717) is 12.6 Å². The van der Waals surface area contributed by atoms with Crippen LogP contribution >= 0.6 is 0 Å². The van der Waals surface area contributed by atoms with Gasteiger partial charge in [-0.15, -0.1) is 0 Å². The van der Waals surface area contributed by atoms with Gasteiger partial charge >= 0.3 is 0 Å². The van der Waals surface area contributed by atoms with Crippen LogP contribution in [0.3, 0.4) is 0 Å². The Bertz CT molecular complexity index is 922. The Morgan fingerprint density at radius 3 is 2.67 bits per heavy atom. The second-order valence-electron chi connectivity index (χ2n) is 8.46. The molecule has 0 bridgehead atoms. The Labute approximate surface area is 179 Å². The van der Waals surface area contributed by atoms with E-state index in [0.717, 1.165) is 48.4 Å². The minimum absolute atomic E-state index is 0.0761. The van der Waals surface area contributed by atoms with Gasteiger partial charge in [0.15, 0.2) is 0 Å². The average Bonchev–Trinajstić information content (AvgIpc) is 3.21. The first-order valence-electron chi connectivity index (χ1n) is 10.9. The fraction of sp³-hybridized carbons (Fsp3) is 0.440. The molecule has 30 heavy (non-hydrogen) atoms. The van der Waals surface area contributed by atoms with E-state index in [2.05, 4.69) is 43.0 Å². The number of methoxy groups -OCH3 is 1. The number of hydrazone groups is 1. The summed E-state index contributed by atoms with van der Waals surface area (Å²) in [6.45, 7) is 5.72. The number of likely N-dealkylation sites (tertiary alicyclic amines) is 1. The van der Waals surface area contributed by atoms with Crippen molar-refractivity contribution in [1.82, 2.24) is 9.91 Å². The van der Waals surface area contributed by atoms with Crippen LogP contribution in [0.5, 0.6) is 5.75 Å². The average molecular weight is 406 g/mol. The molecule has 2 heterocycles. The monoisotopic (exact) mass is 405 g/mol. The van der Waals surface area contributed by atoms with Crippen LogP contribution in [-0.4, -0.2) is 47.8 Å². The van der Waals surface area contributed by atoms with Crippen LogP contribution in [0.25, 0.3) is 0 Å². The van der Waals surface area contributed by atoms with Gasteiger partial charge in [-0.3, -0.25) is 9.69 Å². The van der Waals surface area contributed by atoms with Crippen molar-refractivity contribution in [2.75, 3.05) is 20.2 Å². The summed E-state index contributed by atoms with van der Waals surface area (Å²) >= 11 is 0. The smallest absolute Gasteiger partial charge is 0.257 e. The number of aryl methyl sites for hydroxylation is 1. The van der Waals surface area contributed by atoms with Crippen molar-refractivity contribution in [3.8, 4) is 5.75 Å². The predicted molar refractivity (Wildman–Crippen MR) is 120 cm³/mol. The summed E-state index contributed by atoms with van der Waals surface area (Å²) in [6.07, 6.45) is 4.29. The molecule has 0 spiro atoms. The van der Waals surface area contributed by atoms with Crippen LogP contribution in [0.1, 0.15) is 55.3 Å². The topological polar surface area (TPSA) is 45.1 Å². The lowest BCUT2D eigenvalue weighted by molar-refractivity contribution is -0.135. The predicted octanol–water partition coefficient (Wildman–Crippen LogP) is 4.56. The Balaban J connectivity index is 1.61. The highest BCUT2D eigenvalue weighted by atomic mass is 16.5. The van der Waals surface area contributed by atoms with E-state index in [1.54, 1.807) is 12.1 Å². The minimum atomic E-state index is -0.0842. The van der Waals surface area contributed by atoms with Crippen LogP contribution in [0.2, 0.25) is 0 Å². The molecule has 0 aliphatic carbocycles. The van der Waals surface area contributed by atoms with Gasteiger partial charge in [0, 0.05) is 12.5 Å². The molecule has 2 aliphatic rings. The number of rotatable bonds is 5. The van der Waals surface area contributed by atoms with Gasteiger partial charge in [-0.05, 0) is 56.5 Å². The van der Waals surface area contributed by atoms with Gasteiger partial charge in [-0.2, -0.15) is 5.10 Å². The van der Waals surface area contributed by atoms with Crippen molar-refractivity contribution in [1.29, 1.82) is 0 Å². The molecule has 0 saturated carbocycles. The molecule has 2 aromatic rings. The molecule has 2 aromatic carbocycles. The summed E-state index contributed by atoms with van der Waals surface area (Å²) < 4.78 is 5.31. The molecule has 0 unspecified atom stereocenters. The van der Waals surface area contributed by atoms with Gasteiger partial charge < -0.3 is 4.74 Å². The highest BCUT2D eigenvalue weighted by Gasteiger charge is 2.34. The molecule has 1 amide bonds. The quantitative estimate of drug-likeness (QED) is 0.733. The molecule has 158 valence electrons. The summed E-state index contributed by atoms with van der Waals surface area (Å²) in [4.78, 5) is 15.7. The van der Waals surface area contributed by atoms with E-state index in [4.69, 9.17) is 9.84 Å². The number of carbonyl (C=O) groups is 1. The molecule has 0 N–H and O–H groups in total. The lowest BCUT2D eigenvalue weighted by atomic mass is 9.97. The first kappa shape index (κ1) is 20.6. The lowest BCUT2D eigenvalue weighted by Gasteiger charge is -2.34. The van der Waals surface area contributed by atoms with Gasteiger partial charge in [-0.25, -0.2) is 5.01 Å². The number of hydrogen-bond donors (Lipinski definition) is 0. The van der Waals surface area contributed by atoms with Crippen LogP contribution in [-0.2, 0) is 4.79 Å². The molecular weight excluding hydrogens is 374 g/mol. The lowest BCUT2D eigenvalue weighted by Crippen LogP contribution is -2.44. The van der Waals surface area contributed by atoms with Crippen LogP contribution in [0.15, 0.2) is 53.6 Å². The molecule has 0 aromatic heterocycles. The van der Waals surface area contributed by atoms with Crippen LogP contribution in [0.4, 0.5) is 0 Å². The zero-order chi connectivity index (χ0) is 21.1. The number of hydrogen-bond acceptors (Lipinski definition) is 4. The number of piperidine rings is 1. The second-order valence-corrected chi connectivity index (χ2v) is 8.46. The van der Waals surface area contributed by atoms with Crippen molar-refractivity contribution in [2.45, 2.75) is 51.6 Å². The minimum Gasteiger partial charge on any atom is -0.497 e. The number of carbonyl (C=O) groups excluding carboxylic acids is 1. The SMILES string of the molecule is COc1ccc([C@@H]2CC(c3cccc(C)c3)=NN2C(=O)CN2CCCC[C@H]2C)cc1. The number of ether oxygens (including phenoxy) is 1. The normalized spacial score (nSPS) is 22.1. The summed E-state index contributed by atoms with van der Waals surface area (Å²) in [7, 11) is 1.67.